The zero-order chi connectivity index (χ0) is 19.8. The van der Waals surface area contributed by atoms with Gasteiger partial charge in [-0.1, -0.05) is 17.7 Å². The van der Waals surface area contributed by atoms with Gasteiger partial charge in [0.2, 0.25) is 0 Å². The Labute approximate surface area is 155 Å². The fourth-order valence-electron chi connectivity index (χ4n) is 2.59. The van der Waals surface area contributed by atoms with Crippen molar-refractivity contribution in [3.05, 3.63) is 70.1 Å². The minimum absolute atomic E-state index is 0.0351. The smallest absolute Gasteiger partial charge is 0.416 e. The maximum Gasteiger partial charge on any atom is 0.416 e. The SMILES string of the molecule is O=C(O)C=Cc1nn(Cc2ccc(Cl)cc2F)c2ccc(C(F)(F)F)cc12. The molecule has 9 heteroatoms. The van der Waals surface area contributed by atoms with E-state index in [0.717, 1.165) is 30.4 Å². The van der Waals surface area contributed by atoms with Crippen LogP contribution in [0.1, 0.15) is 16.8 Å². The van der Waals surface area contributed by atoms with Gasteiger partial charge in [0.25, 0.3) is 0 Å². The molecular weight excluding hydrogens is 388 g/mol. The molecule has 0 unspecified atom stereocenters. The van der Waals surface area contributed by atoms with Gasteiger partial charge in [-0.3, -0.25) is 4.68 Å². The highest BCUT2D eigenvalue weighted by molar-refractivity contribution is 6.30. The molecule has 1 aromatic heterocycles. The van der Waals surface area contributed by atoms with Gasteiger partial charge in [0, 0.05) is 22.0 Å². The maximum atomic E-state index is 14.1. The number of hydrogen-bond acceptors (Lipinski definition) is 2. The predicted molar refractivity (Wildman–Crippen MR) is 91.9 cm³/mol. The highest BCUT2D eigenvalue weighted by Gasteiger charge is 2.31. The molecule has 3 aromatic rings. The quantitative estimate of drug-likeness (QED) is 0.497. The maximum absolute atomic E-state index is 14.1. The summed E-state index contributed by atoms with van der Waals surface area (Å²) in [5.41, 5.74) is -0.315. The van der Waals surface area contributed by atoms with Crippen molar-refractivity contribution >= 4 is 34.5 Å². The van der Waals surface area contributed by atoms with E-state index in [-0.39, 0.29) is 28.2 Å². The third-order valence-corrected chi connectivity index (χ3v) is 4.06. The number of fused-ring (bicyclic) bond motifs is 1. The summed E-state index contributed by atoms with van der Waals surface area (Å²) in [6, 6.07) is 7.05. The molecule has 0 radical (unpaired) electrons. The second kappa shape index (κ2) is 7.03. The zero-order valence-electron chi connectivity index (χ0n) is 13.5. The first-order valence-electron chi connectivity index (χ1n) is 7.58. The molecule has 0 aliphatic heterocycles. The van der Waals surface area contributed by atoms with Gasteiger partial charge < -0.3 is 5.11 Å². The molecule has 0 aliphatic rings. The molecule has 0 saturated heterocycles. The lowest BCUT2D eigenvalue weighted by molar-refractivity contribution is -0.137. The van der Waals surface area contributed by atoms with E-state index >= 15 is 0 Å². The van der Waals surface area contributed by atoms with Crippen LogP contribution in [-0.2, 0) is 17.5 Å². The van der Waals surface area contributed by atoms with Gasteiger partial charge in [-0.15, -0.1) is 0 Å². The van der Waals surface area contributed by atoms with Gasteiger partial charge in [0.1, 0.15) is 5.82 Å². The van der Waals surface area contributed by atoms with Crippen LogP contribution in [0.15, 0.2) is 42.5 Å². The number of carboxylic acid groups (broad SMARTS) is 1. The van der Waals surface area contributed by atoms with Crippen LogP contribution in [0.3, 0.4) is 0 Å². The predicted octanol–water partition coefficient (Wildman–Crippen LogP) is 4.99. The lowest BCUT2D eigenvalue weighted by Crippen LogP contribution is -2.05. The molecule has 2 aromatic carbocycles. The zero-order valence-corrected chi connectivity index (χ0v) is 14.2. The molecule has 0 spiro atoms. The molecular formula is C18H11ClF4N2O2. The van der Waals surface area contributed by atoms with E-state index in [1.807, 2.05) is 0 Å². The minimum atomic E-state index is -4.56. The fourth-order valence-corrected chi connectivity index (χ4v) is 2.74. The summed E-state index contributed by atoms with van der Waals surface area (Å²) < 4.78 is 54.4. The molecule has 140 valence electrons. The van der Waals surface area contributed by atoms with Crippen molar-refractivity contribution in [1.82, 2.24) is 9.78 Å². The molecule has 3 rings (SSSR count). The van der Waals surface area contributed by atoms with Gasteiger partial charge in [0.15, 0.2) is 0 Å². The largest absolute Gasteiger partial charge is 0.478 e. The van der Waals surface area contributed by atoms with E-state index in [1.165, 1.54) is 22.9 Å². The number of hydrogen-bond donors (Lipinski definition) is 1. The van der Waals surface area contributed by atoms with Crippen LogP contribution >= 0.6 is 11.6 Å². The van der Waals surface area contributed by atoms with Gasteiger partial charge in [-0.2, -0.15) is 18.3 Å². The molecule has 4 nitrogen and oxygen atoms in total. The minimum Gasteiger partial charge on any atom is -0.478 e. The first kappa shape index (κ1) is 18.9. The van der Waals surface area contributed by atoms with E-state index in [4.69, 9.17) is 16.7 Å². The Hall–Kier alpha value is -2.87. The Morgan fingerprint density at radius 2 is 1.96 bits per heavy atom. The Morgan fingerprint density at radius 1 is 1.22 bits per heavy atom. The highest BCUT2D eigenvalue weighted by Crippen LogP contribution is 2.33. The average molecular weight is 399 g/mol. The first-order valence-corrected chi connectivity index (χ1v) is 7.95. The van der Waals surface area contributed by atoms with Gasteiger partial charge in [-0.25, -0.2) is 9.18 Å². The summed E-state index contributed by atoms with van der Waals surface area (Å²) in [6.45, 7) is -0.0637. The molecule has 0 aliphatic carbocycles. The number of nitrogens with zero attached hydrogens (tertiary/aromatic N) is 2. The fraction of sp³-hybridized carbons (Fsp3) is 0.111. The molecule has 0 amide bonds. The van der Waals surface area contributed by atoms with Gasteiger partial charge in [0.05, 0.1) is 23.3 Å². The van der Waals surface area contributed by atoms with Gasteiger partial charge in [-0.05, 0) is 36.4 Å². The van der Waals surface area contributed by atoms with Crippen molar-refractivity contribution in [2.75, 3.05) is 0 Å². The summed E-state index contributed by atoms with van der Waals surface area (Å²) in [5.74, 6) is -1.85. The summed E-state index contributed by atoms with van der Waals surface area (Å²) >= 11 is 5.72. The lowest BCUT2D eigenvalue weighted by atomic mass is 10.1. The number of carboxylic acids is 1. The standard InChI is InChI=1S/C18H11ClF4N2O2/c19-12-3-1-10(14(20)8-12)9-25-16-5-2-11(18(21,22)23)7-13(16)15(24-25)4-6-17(26)27/h1-8H,9H2,(H,26,27). The Bertz CT molecular complexity index is 1060. The summed E-state index contributed by atoms with van der Waals surface area (Å²) in [7, 11) is 0. The van der Waals surface area contributed by atoms with Crippen LogP contribution in [0.4, 0.5) is 17.6 Å². The van der Waals surface area contributed by atoms with Crippen molar-refractivity contribution in [3.8, 4) is 0 Å². The van der Waals surface area contributed by atoms with E-state index in [0.29, 0.717) is 5.52 Å². The highest BCUT2D eigenvalue weighted by atomic mass is 35.5. The van der Waals surface area contributed by atoms with Crippen molar-refractivity contribution in [2.45, 2.75) is 12.7 Å². The van der Waals surface area contributed by atoms with E-state index in [2.05, 4.69) is 5.10 Å². The molecule has 1 heterocycles. The number of benzene rings is 2. The Morgan fingerprint density at radius 3 is 2.59 bits per heavy atom. The van der Waals surface area contributed by atoms with Crippen molar-refractivity contribution in [1.29, 1.82) is 0 Å². The number of halogens is 5. The molecule has 0 saturated carbocycles. The number of rotatable bonds is 4. The van der Waals surface area contributed by atoms with Crippen LogP contribution in [0.5, 0.6) is 0 Å². The third-order valence-electron chi connectivity index (χ3n) is 3.83. The normalized spacial score (nSPS) is 12.2. The van der Waals surface area contributed by atoms with Crippen LogP contribution in [0, 0.1) is 5.82 Å². The molecule has 27 heavy (non-hydrogen) atoms. The van der Waals surface area contributed by atoms with Crippen molar-refractivity contribution in [2.24, 2.45) is 0 Å². The van der Waals surface area contributed by atoms with Crippen molar-refractivity contribution < 1.29 is 27.5 Å². The van der Waals surface area contributed by atoms with Crippen LogP contribution < -0.4 is 0 Å². The topological polar surface area (TPSA) is 55.1 Å². The van der Waals surface area contributed by atoms with Gasteiger partial charge >= 0.3 is 12.1 Å². The summed E-state index contributed by atoms with van der Waals surface area (Å²) in [6.07, 6.45) is -2.69. The Kier molecular flexibility index (Phi) is 4.93. The lowest BCUT2D eigenvalue weighted by Gasteiger charge is -2.08. The second-order valence-electron chi connectivity index (χ2n) is 5.68. The van der Waals surface area contributed by atoms with Crippen molar-refractivity contribution in [3.63, 3.8) is 0 Å². The second-order valence-corrected chi connectivity index (χ2v) is 6.12. The van der Waals surface area contributed by atoms with Crippen LogP contribution in [0.2, 0.25) is 5.02 Å². The van der Waals surface area contributed by atoms with Crippen LogP contribution in [0.25, 0.3) is 17.0 Å². The number of aliphatic carboxylic acids is 1. The molecule has 1 N–H and O–H groups in total. The van der Waals surface area contributed by atoms with E-state index in [1.54, 1.807) is 0 Å². The number of carbonyl (C=O) groups is 1. The van der Waals surface area contributed by atoms with E-state index < -0.39 is 23.5 Å². The number of aromatic nitrogens is 2. The molecule has 0 fully saturated rings. The van der Waals surface area contributed by atoms with E-state index in [9.17, 15) is 22.4 Å². The monoisotopic (exact) mass is 398 g/mol. The summed E-state index contributed by atoms with van der Waals surface area (Å²) in [4.78, 5) is 10.7. The summed E-state index contributed by atoms with van der Waals surface area (Å²) in [5, 5.41) is 13.2. The first-order chi connectivity index (χ1) is 12.6. The number of alkyl halides is 3. The molecule has 0 bridgehead atoms. The third kappa shape index (κ3) is 4.11. The Balaban J connectivity index is 2.13. The van der Waals surface area contributed by atoms with Crippen LogP contribution in [-0.4, -0.2) is 20.9 Å². The average Bonchev–Trinajstić information content (AvgIpc) is 2.92. The molecule has 0 atom stereocenters.